The molecule has 6 rings (SSSR count). The number of ether oxygens (including phenoxy) is 1. The third kappa shape index (κ3) is 4.66. The van der Waals surface area contributed by atoms with Crippen molar-refractivity contribution in [1.29, 1.82) is 5.26 Å². The van der Waals surface area contributed by atoms with Crippen molar-refractivity contribution in [2.45, 2.75) is 56.0 Å². The number of likely N-dealkylation sites (tertiary alicyclic amines) is 1. The Morgan fingerprint density at radius 2 is 2.07 bits per heavy atom. The number of rotatable bonds is 6. The maximum Gasteiger partial charge on any atom is 0.318 e. The van der Waals surface area contributed by atoms with Gasteiger partial charge >= 0.3 is 6.01 Å². The van der Waals surface area contributed by atoms with Gasteiger partial charge in [0.25, 0.3) is 0 Å². The number of hydrogen-bond acceptors (Lipinski definition) is 7. The smallest absolute Gasteiger partial charge is 0.318 e. The van der Waals surface area contributed by atoms with Crippen molar-refractivity contribution in [1.82, 2.24) is 19.8 Å². The van der Waals surface area contributed by atoms with Crippen molar-refractivity contribution < 1.29 is 18.3 Å². The van der Waals surface area contributed by atoms with E-state index < -0.39 is 17.1 Å². The fraction of sp³-hybridized carbons (Fsp3) is 0.484. The number of fused-ring (bicyclic) bond motifs is 3. The van der Waals surface area contributed by atoms with Gasteiger partial charge in [-0.1, -0.05) is 30.8 Å². The summed E-state index contributed by atoms with van der Waals surface area (Å²) in [5.41, 5.74) is 1.39. The first-order valence-corrected chi connectivity index (χ1v) is 14.3. The minimum Gasteiger partial charge on any atom is -0.462 e. The third-order valence-electron chi connectivity index (χ3n) is 9.26. The van der Waals surface area contributed by atoms with E-state index in [1.165, 1.54) is 6.08 Å². The predicted molar refractivity (Wildman–Crippen MR) is 151 cm³/mol. The number of allylic oxidation sites excluding steroid dienone is 1. The van der Waals surface area contributed by atoms with E-state index in [1.54, 1.807) is 17.0 Å². The van der Waals surface area contributed by atoms with E-state index in [9.17, 15) is 10.1 Å². The van der Waals surface area contributed by atoms with Gasteiger partial charge in [-0.05, 0) is 50.9 Å². The number of hydrogen-bond donors (Lipinski definition) is 0. The van der Waals surface area contributed by atoms with E-state index in [2.05, 4.69) is 29.5 Å². The second-order valence-electron chi connectivity index (χ2n) is 11.5. The fourth-order valence-corrected chi connectivity index (χ4v) is 6.99. The van der Waals surface area contributed by atoms with Crippen LogP contribution in [0.5, 0.6) is 6.01 Å². The molecular formula is C31H34F2N6O2. The van der Waals surface area contributed by atoms with Crippen LogP contribution in [0.1, 0.15) is 48.1 Å². The summed E-state index contributed by atoms with van der Waals surface area (Å²) >= 11 is 0. The molecule has 10 heteroatoms. The minimum absolute atomic E-state index is 0.176. The van der Waals surface area contributed by atoms with Crippen molar-refractivity contribution in [3.8, 4) is 12.1 Å². The van der Waals surface area contributed by atoms with Gasteiger partial charge in [0.2, 0.25) is 5.91 Å². The van der Waals surface area contributed by atoms with E-state index in [-0.39, 0.29) is 36.8 Å². The molecule has 1 aromatic carbocycles. The van der Waals surface area contributed by atoms with Crippen LogP contribution in [0.3, 0.4) is 0 Å². The van der Waals surface area contributed by atoms with Crippen LogP contribution < -0.4 is 9.64 Å². The largest absolute Gasteiger partial charge is 0.462 e. The first-order chi connectivity index (χ1) is 19.9. The molecule has 1 amide bonds. The Bertz CT molecular complexity index is 1450. The van der Waals surface area contributed by atoms with Crippen molar-refractivity contribution in [3.05, 3.63) is 65.1 Å². The summed E-state index contributed by atoms with van der Waals surface area (Å²) in [7, 11) is 2.07. The highest BCUT2D eigenvalue weighted by Crippen LogP contribution is 2.54. The highest BCUT2D eigenvalue weighted by Gasteiger charge is 2.50. The summed E-state index contributed by atoms with van der Waals surface area (Å²) in [5.74, 6) is -1.04. The summed E-state index contributed by atoms with van der Waals surface area (Å²) in [6.45, 7) is 6.39. The maximum atomic E-state index is 15.7. The van der Waals surface area contributed by atoms with Crippen LogP contribution in [0, 0.1) is 11.3 Å². The average molecular weight is 561 g/mol. The standard InChI is InChI=1S/C31H34F2N6O2/c1-3-26(40)39-16-15-38(18-20(39)11-13-34)29-23-10-12-31(24-9-5-4-8-22(24)27(32)28(31)33)17-25(23)35-30(36-29)41-19-21-7-6-14-37(21)2/h3-5,8-9,20-21H,1,6-7,10-12,14-19H2,2H3/t20-,21-,31?/m0/s1. The molecule has 3 heterocycles. The summed E-state index contributed by atoms with van der Waals surface area (Å²) in [6, 6.07) is 9.33. The zero-order valence-electron chi connectivity index (χ0n) is 23.3. The second-order valence-corrected chi connectivity index (χ2v) is 11.5. The van der Waals surface area contributed by atoms with E-state index in [4.69, 9.17) is 14.7 Å². The Morgan fingerprint density at radius 3 is 2.83 bits per heavy atom. The van der Waals surface area contributed by atoms with Gasteiger partial charge in [-0.2, -0.15) is 15.2 Å². The van der Waals surface area contributed by atoms with Gasteiger partial charge < -0.3 is 19.4 Å². The molecular weight excluding hydrogens is 526 g/mol. The lowest BCUT2D eigenvalue weighted by atomic mass is 9.69. The molecule has 0 bridgehead atoms. The Kier molecular flexibility index (Phi) is 7.24. The molecule has 2 aliphatic carbocycles. The Hall–Kier alpha value is -3.84. The van der Waals surface area contributed by atoms with Crippen molar-refractivity contribution in [2.75, 3.05) is 44.7 Å². The molecule has 3 atom stereocenters. The maximum absolute atomic E-state index is 15.7. The molecule has 4 aliphatic rings. The normalized spacial score (nSPS) is 25.7. The topological polar surface area (TPSA) is 85.6 Å². The van der Waals surface area contributed by atoms with Gasteiger partial charge in [-0.25, -0.2) is 8.78 Å². The third-order valence-corrected chi connectivity index (χ3v) is 9.26. The van der Waals surface area contributed by atoms with E-state index in [1.807, 2.05) is 12.1 Å². The molecule has 2 aromatic rings. The zero-order valence-corrected chi connectivity index (χ0v) is 23.3. The van der Waals surface area contributed by atoms with Crippen LogP contribution in [0.25, 0.3) is 5.83 Å². The Labute approximate surface area is 238 Å². The van der Waals surface area contributed by atoms with Crippen molar-refractivity contribution in [3.63, 3.8) is 0 Å². The Morgan fingerprint density at radius 1 is 1.24 bits per heavy atom. The quantitative estimate of drug-likeness (QED) is 0.492. The second kappa shape index (κ2) is 10.9. The molecule has 2 aliphatic heterocycles. The molecule has 8 nitrogen and oxygen atoms in total. The van der Waals surface area contributed by atoms with Crippen LogP contribution in [0.4, 0.5) is 14.6 Å². The molecule has 41 heavy (non-hydrogen) atoms. The van der Waals surface area contributed by atoms with Crippen molar-refractivity contribution >= 4 is 17.6 Å². The van der Waals surface area contributed by atoms with E-state index >= 15 is 8.78 Å². The SMILES string of the molecule is C=CC(=O)N1CCN(c2nc(OC[C@@H]3CCCN3C)nc3c2CCC2(C3)C(F)=C(F)c3ccccc32)C[C@@H]1CC#N. The van der Waals surface area contributed by atoms with Gasteiger partial charge in [0.15, 0.2) is 5.83 Å². The lowest BCUT2D eigenvalue weighted by Crippen LogP contribution is -2.55. The number of nitrogens with zero attached hydrogens (tertiary/aromatic N) is 6. The molecule has 0 N–H and O–H groups in total. The number of carbonyl (C=O) groups is 1. The summed E-state index contributed by atoms with van der Waals surface area (Å²) in [4.78, 5) is 28.2. The number of benzene rings is 1. The van der Waals surface area contributed by atoms with Crippen LogP contribution in [-0.4, -0.2) is 77.6 Å². The van der Waals surface area contributed by atoms with Gasteiger partial charge in [0, 0.05) is 43.2 Å². The highest BCUT2D eigenvalue weighted by atomic mass is 19.2. The van der Waals surface area contributed by atoms with Crippen LogP contribution in [0.2, 0.25) is 0 Å². The predicted octanol–water partition coefficient (Wildman–Crippen LogP) is 4.11. The average Bonchev–Trinajstić information content (AvgIpc) is 3.50. The van der Waals surface area contributed by atoms with Crippen LogP contribution in [0.15, 0.2) is 42.7 Å². The molecule has 1 unspecified atom stereocenters. The van der Waals surface area contributed by atoms with Crippen molar-refractivity contribution in [2.24, 2.45) is 0 Å². The summed E-state index contributed by atoms with van der Waals surface area (Å²) in [5, 5.41) is 9.47. The molecule has 2 saturated heterocycles. The fourth-order valence-electron chi connectivity index (χ4n) is 6.99. The van der Waals surface area contributed by atoms with E-state index in [0.717, 1.165) is 24.9 Å². The zero-order chi connectivity index (χ0) is 28.7. The first kappa shape index (κ1) is 27.3. The number of amides is 1. The van der Waals surface area contributed by atoms with Gasteiger partial charge in [0.05, 0.1) is 29.6 Å². The van der Waals surface area contributed by atoms with Gasteiger partial charge in [0.1, 0.15) is 18.3 Å². The minimum atomic E-state index is -1.11. The number of piperazine rings is 1. The number of aromatic nitrogens is 2. The number of anilines is 1. The molecule has 0 saturated carbocycles. The number of halogens is 2. The molecule has 214 valence electrons. The van der Waals surface area contributed by atoms with Gasteiger partial charge in [-0.15, -0.1) is 0 Å². The van der Waals surface area contributed by atoms with E-state index in [0.29, 0.717) is 61.7 Å². The highest BCUT2D eigenvalue weighted by molar-refractivity contribution is 5.87. The van der Waals surface area contributed by atoms with Crippen LogP contribution >= 0.6 is 0 Å². The molecule has 1 spiro atoms. The lowest BCUT2D eigenvalue weighted by molar-refractivity contribution is -0.128. The Balaban J connectivity index is 1.37. The number of nitriles is 1. The lowest BCUT2D eigenvalue weighted by Gasteiger charge is -2.42. The monoisotopic (exact) mass is 560 g/mol. The molecule has 0 radical (unpaired) electrons. The number of carbonyl (C=O) groups excluding carboxylic acids is 1. The molecule has 1 aromatic heterocycles. The summed E-state index contributed by atoms with van der Waals surface area (Å²) < 4.78 is 37.0. The molecule has 2 fully saturated rings. The number of likely N-dealkylation sites (N-methyl/N-ethyl adjacent to an activating group) is 1. The first-order valence-electron chi connectivity index (χ1n) is 14.3. The van der Waals surface area contributed by atoms with Crippen LogP contribution in [-0.2, 0) is 23.1 Å². The summed E-state index contributed by atoms with van der Waals surface area (Å²) in [6.07, 6.45) is 4.63. The van der Waals surface area contributed by atoms with Gasteiger partial charge in [-0.3, -0.25) is 4.79 Å².